The van der Waals surface area contributed by atoms with Crippen molar-refractivity contribution in [2.75, 3.05) is 18.5 Å². The fraction of sp³-hybridized carbons (Fsp3) is 0.500. The van der Waals surface area contributed by atoms with Crippen molar-refractivity contribution < 1.29 is 19.1 Å². The third-order valence-corrected chi connectivity index (χ3v) is 3.68. The van der Waals surface area contributed by atoms with E-state index in [1.165, 1.54) is 0 Å². The maximum Gasteiger partial charge on any atom is 0.227 e. The van der Waals surface area contributed by atoms with Crippen molar-refractivity contribution in [3.05, 3.63) is 17.7 Å². The Morgan fingerprint density at radius 1 is 1.14 bits per heavy atom. The number of rotatable bonds is 4. The molecule has 0 saturated heterocycles. The zero-order valence-corrected chi connectivity index (χ0v) is 12.3. The highest BCUT2D eigenvalue weighted by atomic mass is 16.6. The second kappa shape index (κ2) is 5.39. The van der Waals surface area contributed by atoms with Gasteiger partial charge in [0, 0.05) is 23.5 Å². The lowest BCUT2D eigenvalue weighted by Crippen LogP contribution is -2.20. The molecule has 2 aliphatic rings. The van der Waals surface area contributed by atoms with Gasteiger partial charge in [-0.1, -0.05) is 13.8 Å². The number of ether oxygens (including phenoxy) is 2. The molecule has 0 radical (unpaired) electrons. The van der Waals surface area contributed by atoms with Gasteiger partial charge in [-0.3, -0.25) is 9.59 Å². The average Bonchev–Trinajstić information content (AvgIpc) is 3.30. The highest BCUT2D eigenvalue weighted by Crippen LogP contribution is 2.38. The number of benzene rings is 1. The van der Waals surface area contributed by atoms with Crippen molar-refractivity contribution in [3.63, 3.8) is 0 Å². The number of carbonyl (C=O) groups excluding carboxylic acids is 2. The van der Waals surface area contributed by atoms with E-state index in [4.69, 9.17) is 9.47 Å². The first kappa shape index (κ1) is 13.9. The third kappa shape index (κ3) is 2.86. The van der Waals surface area contributed by atoms with Crippen LogP contribution in [0.3, 0.4) is 0 Å². The quantitative estimate of drug-likeness (QED) is 0.865. The molecule has 1 fully saturated rings. The number of fused-ring (bicyclic) bond motifs is 1. The Labute approximate surface area is 123 Å². The molecule has 3 rings (SSSR count). The van der Waals surface area contributed by atoms with E-state index in [0.717, 1.165) is 12.8 Å². The summed E-state index contributed by atoms with van der Waals surface area (Å²) in [6.45, 7) is 4.62. The minimum Gasteiger partial charge on any atom is -0.486 e. The maximum absolute atomic E-state index is 12.4. The molecule has 0 aromatic heterocycles. The SMILES string of the molecule is CC(C)C(=O)c1cc2c(cc1NC(=O)C1CC1)OCCO2. The predicted molar refractivity (Wildman–Crippen MR) is 78.0 cm³/mol. The molecule has 5 heteroatoms. The van der Waals surface area contributed by atoms with Gasteiger partial charge in [0.2, 0.25) is 5.91 Å². The van der Waals surface area contributed by atoms with Crippen molar-refractivity contribution in [1.29, 1.82) is 0 Å². The predicted octanol–water partition coefficient (Wildman–Crippen LogP) is 2.65. The van der Waals surface area contributed by atoms with Crippen molar-refractivity contribution in [2.24, 2.45) is 11.8 Å². The molecule has 0 atom stereocenters. The molecular formula is C16H19NO4. The van der Waals surface area contributed by atoms with Gasteiger partial charge in [0.15, 0.2) is 17.3 Å². The summed E-state index contributed by atoms with van der Waals surface area (Å²) in [5.74, 6) is 1.04. The molecule has 21 heavy (non-hydrogen) atoms. The number of ketones is 1. The van der Waals surface area contributed by atoms with Gasteiger partial charge in [0.05, 0.1) is 5.69 Å². The fourth-order valence-electron chi connectivity index (χ4n) is 2.29. The topological polar surface area (TPSA) is 64.6 Å². The van der Waals surface area contributed by atoms with E-state index in [2.05, 4.69) is 5.32 Å². The highest BCUT2D eigenvalue weighted by Gasteiger charge is 2.31. The molecular weight excluding hydrogens is 270 g/mol. The van der Waals surface area contributed by atoms with E-state index in [1.807, 2.05) is 13.8 Å². The van der Waals surface area contributed by atoms with Crippen LogP contribution in [0, 0.1) is 11.8 Å². The van der Waals surface area contributed by atoms with E-state index in [1.54, 1.807) is 12.1 Å². The lowest BCUT2D eigenvalue weighted by Gasteiger charge is -2.21. The minimum atomic E-state index is -0.149. The second-order valence-corrected chi connectivity index (χ2v) is 5.82. The van der Waals surface area contributed by atoms with E-state index < -0.39 is 0 Å². The first-order chi connectivity index (χ1) is 10.1. The first-order valence-electron chi connectivity index (χ1n) is 7.35. The van der Waals surface area contributed by atoms with Gasteiger partial charge in [-0.25, -0.2) is 0 Å². The molecule has 1 N–H and O–H groups in total. The second-order valence-electron chi connectivity index (χ2n) is 5.82. The van der Waals surface area contributed by atoms with Crippen LogP contribution in [-0.4, -0.2) is 24.9 Å². The van der Waals surface area contributed by atoms with Gasteiger partial charge in [-0.15, -0.1) is 0 Å². The fourth-order valence-corrected chi connectivity index (χ4v) is 2.29. The molecule has 1 aromatic carbocycles. The van der Waals surface area contributed by atoms with Gasteiger partial charge in [-0.05, 0) is 18.9 Å². The molecule has 1 aromatic rings. The van der Waals surface area contributed by atoms with Crippen LogP contribution in [0.15, 0.2) is 12.1 Å². The van der Waals surface area contributed by atoms with Crippen LogP contribution in [-0.2, 0) is 4.79 Å². The number of hydrogen-bond donors (Lipinski definition) is 1. The van der Waals surface area contributed by atoms with E-state index in [9.17, 15) is 9.59 Å². The van der Waals surface area contributed by atoms with Gasteiger partial charge in [-0.2, -0.15) is 0 Å². The van der Waals surface area contributed by atoms with Crippen LogP contribution in [0.5, 0.6) is 11.5 Å². The van der Waals surface area contributed by atoms with Crippen LogP contribution < -0.4 is 14.8 Å². The Morgan fingerprint density at radius 3 is 2.33 bits per heavy atom. The molecule has 1 saturated carbocycles. The summed E-state index contributed by atoms with van der Waals surface area (Å²) in [5, 5.41) is 2.86. The molecule has 0 unspecified atom stereocenters. The Balaban J connectivity index is 1.97. The number of amides is 1. The molecule has 0 bridgehead atoms. The lowest BCUT2D eigenvalue weighted by molar-refractivity contribution is -0.117. The minimum absolute atomic E-state index is 0.0157. The zero-order valence-electron chi connectivity index (χ0n) is 12.3. The summed E-state index contributed by atoms with van der Waals surface area (Å²) >= 11 is 0. The van der Waals surface area contributed by atoms with E-state index >= 15 is 0 Å². The molecule has 0 spiro atoms. The molecule has 112 valence electrons. The number of nitrogens with one attached hydrogen (secondary N) is 1. The number of anilines is 1. The number of carbonyl (C=O) groups is 2. The average molecular weight is 289 g/mol. The highest BCUT2D eigenvalue weighted by molar-refractivity contribution is 6.07. The van der Waals surface area contributed by atoms with Crippen molar-refractivity contribution >= 4 is 17.4 Å². The summed E-state index contributed by atoms with van der Waals surface area (Å²) < 4.78 is 11.1. The van der Waals surface area contributed by atoms with E-state index in [-0.39, 0.29) is 23.5 Å². The van der Waals surface area contributed by atoms with Crippen LogP contribution in [0.1, 0.15) is 37.0 Å². The Kier molecular flexibility index (Phi) is 3.57. The van der Waals surface area contributed by atoms with Crippen LogP contribution in [0.25, 0.3) is 0 Å². The summed E-state index contributed by atoms with van der Waals surface area (Å²) in [5.41, 5.74) is 1.01. The monoisotopic (exact) mass is 289 g/mol. The zero-order chi connectivity index (χ0) is 15.0. The molecule has 5 nitrogen and oxygen atoms in total. The molecule has 1 aliphatic carbocycles. The van der Waals surface area contributed by atoms with Gasteiger partial charge < -0.3 is 14.8 Å². The summed E-state index contributed by atoms with van der Waals surface area (Å²) in [4.78, 5) is 24.4. The largest absolute Gasteiger partial charge is 0.486 e. The van der Waals surface area contributed by atoms with Crippen molar-refractivity contribution in [1.82, 2.24) is 0 Å². The van der Waals surface area contributed by atoms with Crippen LogP contribution >= 0.6 is 0 Å². The summed E-state index contributed by atoms with van der Waals surface area (Å²) in [6.07, 6.45) is 1.84. The normalized spacial score (nSPS) is 16.7. The maximum atomic E-state index is 12.4. The molecule has 1 aliphatic heterocycles. The van der Waals surface area contributed by atoms with E-state index in [0.29, 0.717) is 36.0 Å². The van der Waals surface area contributed by atoms with Gasteiger partial charge >= 0.3 is 0 Å². The van der Waals surface area contributed by atoms with Gasteiger partial charge in [0.1, 0.15) is 13.2 Å². The van der Waals surface area contributed by atoms with Crippen LogP contribution in [0.2, 0.25) is 0 Å². The Morgan fingerprint density at radius 2 is 1.76 bits per heavy atom. The first-order valence-corrected chi connectivity index (χ1v) is 7.35. The number of Topliss-reactive ketones (excluding diaryl/α,β-unsaturated/α-hetero) is 1. The Hall–Kier alpha value is -2.04. The summed E-state index contributed by atoms with van der Waals surface area (Å²) in [7, 11) is 0. The Bertz CT molecular complexity index is 590. The van der Waals surface area contributed by atoms with Crippen LogP contribution in [0.4, 0.5) is 5.69 Å². The third-order valence-electron chi connectivity index (χ3n) is 3.68. The standard InChI is InChI=1S/C16H19NO4/c1-9(2)15(18)11-7-13-14(21-6-5-20-13)8-12(11)17-16(19)10-3-4-10/h7-10H,3-6H2,1-2H3,(H,17,19). The van der Waals surface area contributed by atoms with Crippen molar-refractivity contribution in [3.8, 4) is 11.5 Å². The number of hydrogen-bond acceptors (Lipinski definition) is 4. The molecule has 1 heterocycles. The van der Waals surface area contributed by atoms with Gasteiger partial charge in [0.25, 0.3) is 0 Å². The summed E-state index contributed by atoms with van der Waals surface area (Å²) in [6, 6.07) is 3.38. The van der Waals surface area contributed by atoms with Crippen molar-refractivity contribution in [2.45, 2.75) is 26.7 Å². The smallest absolute Gasteiger partial charge is 0.227 e. The molecule has 1 amide bonds. The lowest BCUT2D eigenvalue weighted by atomic mass is 9.98.